The maximum atomic E-state index is 13.9. The van der Waals surface area contributed by atoms with E-state index in [1.54, 1.807) is 20.8 Å². The summed E-state index contributed by atoms with van der Waals surface area (Å²) < 4.78 is 0. The van der Waals surface area contributed by atoms with Crippen LogP contribution in [0.4, 0.5) is 0 Å². The molecule has 17 heteroatoms. The highest BCUT2D eigenvalue weighted by Gasteiger charge is 2.36. The third-order valence-electron chi connectivity index (χ3n) is 9.69. The Hall–Kier alpha value is -3.83. The van der Waals surface area contributed by atoms with Crippen molar-refractivity contribution < 1.29 is 38.7 Å². The first-order chi connectivity index (χ1) is 24.9. The molecule has 10 atom stereocenters. The predicted molar refractivity (Wildman–Crippen MR) is 202 cm³/mol. The van der Waals surface area contributed by atoms with Gasteiger partial charge < -0.3 is 54.2 Å². The maximum Gasteiger partial charge on any atom is 0.245 e. The summed E-state index contributed by atoms with van der Waals surface area (Å²) in [5, 5.41) is 26.4. The van der Waals surface area contributed by atoms with Gasteiger partial charge in [0.15, 0.2) is 0 Å². The number of primary amides is 1. The molecule has 0 unspecified atom stereocenters. The van der Waals surface area contributed by atoms with Gasteiger partial charge in [-0.25, -0.2) is 0 Å². The lowest BCUT2D eigenvalue weighted by atomic mass is 9.96. The molecular weight excluding hydrogens is 686 g/mol. The maximum absolute atomic E-state index is 13.9. The van der Waals surface area contributed by atoms with E-state index in [4.69, 9.17) is 17.2 Å². The molecule has 53 heavy (non-hydrogen) atoms. The monoisotopic (exact) mass is 756 g/mol. The number of hydrogen-bond donors (Lipinski definition) is 10. The molecule has 0 heterocycles. The van der Waals surface area contributed by atoms with Crippen LogP contribution in [0.2, 0.25) is 0 Å². The third kappa shape index (κ3) is 17.7. The fourth-order valence-electron chi connectivity index (χ4n) is 5.55. The Morgan fingerprint density at radius 3 is 1.21 bits per heavy atom. The molecule has 0 saturated carbocycles. The second-order valence-electron chi connectivity index (χ2n) is 14.1. The molecule has 7 amide bonds. The average Bonchev–Trinajstić information content (AvgIpc) is 3.11. The van der Waals surface area contributed by atoms with E-state index in [2.05, 4.69) is 31.9 Å². The lowest BCUT2D eigenvalue weighted by molar-refractivity contribution is -0.137. The quantitative estimate of drug-likeness (QED) is 0.0465. The van der Waals surface area contributed by atoms with Crippen molar-refractivity contribution in [3.05, 3.63) is 0 Å². The number of amides is 7. The van der Waals surface area contributed by atoms with Gasteiger partial charge in [0.2, 0.25) is 41.4 Å². The Balaban J connectivity index is 6.34. The van der Waals surface area contributed by atoms with Gasteiger partial charge in [0.25, 0.3) is 0 Å². The summed E-state index contributed by atoms with van der Waals surface area (Å²) >= 11 is 0. The number of unbranched alkanes of at least 4 members (excludes halogenated alkanes) is 2. The zero-order valence-corrected chi connectivity index (χ0v) is 33.1. The number of nitrogens with two attached hydrogens (primary N) is 3. The minimum Gasteiger partial charge on any atom is -0.391 e. The van der Waals surface area contributed by atoms with Gasteiger partial charge in [-0.1, -0.05) is 60.8 Å². The van der Waals surface area contributed by atoms with Gasteiger partial charge in [0.05, 0.1) is 6.10 Å². The first-order valence-electron chi connectivity index (χ1n) is 19.1. The van der Waals surface area contributed by atoms with Crippen molar-refractivity contribution in [2.24, 2.45) is 35.0 Å². The molecule has 306 valence electrons. The summed E-state index contributed by atoms with van der Waals surface area (Å²) in [5.41, 5.74) is 16.9. The van der Waals surface area contributed by atoms with Crippen LogP contribution < -0.4 is 49.1 Å². The molecule has 0 aliphatic heterocycles. The Morgan fingerprint density at radius 1 is 0.509 bits per heavy atom. The second-order valence-corrected chi connectivity index (χ2v) is 14.1. The van der Waals surface area contributed by atoms with Crippen molar-refractivity contribution in [2.75, 3.05) is 13.1 Å². The summed E-state index contributed by atoms with van der Waals surface area (Å²) in [4.78, 5) is 91.8. The minimum atomic E-state index is -1.48. The van der Waals surface area contributed by atoms with E-state index >= 15 is 0 Å². The molecule has 0 aliphatic carbocycles. The first kappa shape index (κ1) is 49.2. The van der Waals surface area contributed by atoms with E-state index in [1.807, 2.05) is 20.8 Å². The van der Waals surface area contributed by atoms with Gasteiger partial charge in [-0.15, -0.1) is 0 Å². The van der Waals surface area contributed by atoms with Gasteiger partial charge in [-0.2, -0.15) is 0 Å². The van der Waals surface area contributed by atoms with Crippen LogP contribution in [0.5, 0.6) is 0 Å². The smallest absolute Gasteiger partial charge is 0.245 e. The molecular formula is C36H69N9O8. The zero-order valence-electron chi connectivity index (χ0n) is 33.1. The number of hydrogen-bond acceptors (Lipinski definition) is 10. The van der Waals surface area contributed by atoms with Crippen molar-refractivity contribution in [1.82, 2.24) is 31.9 Å². The largest absolute Gasteiger partial charge is 0.391 e. The summed E-state index contributed by atoms with van der Waals surface area (Å²) in [6.45, 7) is 14.1. The normalized spacial score (nSPS) is 16.9. The lowest BCUT2D eigenvalue weighted by Gasteiger charge is -2.30. The lowest BCUT2D eigenvalue weighted by Crippen LogP contribution is -2.62. The standard InChI is InChI=1S/C36H69N9O8/c1-9-20(4)27(31(39)48)43-32(49)25(16-12-14-18-37)41-34(51)29(22(6)11-3)44-33(50)26(17-13-15-19-38)42-36(53)30(23(7)46)45-35(52)28(21(5)10-2)40-24(8)47/h20-23,25-30,46H,9-19,37-38H2,1-8H3,(H2,39,48)(H,40,47)(H,41,51)(H,42,53)(H,43,49)(H,44,50)(H,45,52)/t20-,21-,22-,23+,25-,26-,27-,28-,29-,30-/m0/s1. The van der Waals surface area contributed by atoms with E-state index in [0.717, 1.165) is 0 Å². The van der Waals surface area contributed by atoms with Crippen molar-refractivity contribution in [3.8, 4) is 0 Å². The molecule has 17 nitrogen and oxygen atoms in total. The Kier molecular flexibility index (Phi) is 24.1. The molecule has 0 aromatic carbocycles. The van der Waals surface area contributed by atoms with Crippen LogP contribution in [-0.2, 0) is 33.6 Å². The van der Waals surface area contributed by atoms with Gasteiger partial charge in [0.1, 0.15) is 36.3 Å². The summed E-state index contributed by atoms with van der Waals surface area (Å²) in [6.07, 6.45) is 2.58. The number of carbonyl (C=O) groups is 7. The predicted octanol–water partition coefficient (Wildman–Crippen LogP) is -0.823. The molecule has 0 fully saturated rings. The van der Waals surface area contributed by atoms with Gasteiger partial charge >= 0.3 is 0 Å². The van der Waals surface area contributed by atoms with Crippen molar-refractivity contribution in [2.45, 2.75) is 156 Å². The average molecular weight is 756 g/mol. The summed E-state index contributed by atoms with van der Waals surface area (Å²) in [7, 11) is 0. The van der Waals surface area contributed by atoms with E-state index < -0.39 is 89.6 Å². The van der Waals surface area contributed by atoms with Crippen molar-refractivity contribution >= 4 is 41.4 Å². The van der Waals surface area contributed by atoms with Gasteiger partial charge in [-0.05, 0) is 76.3 Å². The van der Waals surface area contributed by atoms with Crippen LogP contribution in [0, 0.1) is 17.8 Å². The first-order valence-corrected chi connectivity index (χ1v) is 19.1. The van der Waals surface area contributed by atoms with E-state index in [1.165, 1.54) is 13.8 Å². The summed E-state index contributed by atoms with van der Waals surface area (Å²) in [5.74, 6) is -5.56. The summed E-state index contributed by atoms with van der Waals surface area (Å²) in [6, 6.07) is -6.78. The molecule has 0 spiro atoms. The van der Waals surface area contributed by atoms with E-state index in [0.29, 0.717) is 58.0 Å². The topological polar surface area (TPSA) is 290 Å². The number of aliphatic hydroxyl groups is 1. The SMILES string of the molecule is CC[C@H](C)[C@H](NC(=O)[C@H](CCCCN)NC(=O)[C@@H](NC(=O)[C@H](CCCCN)NC(=O)[C@@H](NC(=O)[C@@H](NC(C)=O)[C@@H](C)CC)[C@@H](C)O)[C@@H](C)CC)C(N)=O. The minimum absolute atomic E-state index is 0.125. The number of nitrogens with one attached hydrogen (secondary N) is 6. The highest BCUT2D eigenvalue weighted by molar-refractivity contribution is 5.97. The molecule has 0 aromatic rings. The fourth-order valence-corrected chi connectivity index (χ4v) is 5.55. The van der Waals surface area contributed by atoms with Crippen LogP contribution in [-0.4, -0.2) is 102 Å². The van der Waals surface area contributed by atoms with E-state index in [9.17, 15) is 38.7 Å². The molecule has 13 N–H and O–H groups in total. The fraction of sp³-hybridized carbons (Fsp3) is 0.806. The highest BCUT2D eigenvalue weighted by atomic mass is 16.3. The zero-order chi connectivity index (χ0) is 40.8. The molecule has 0 aliphatic rings. The van der Waals surface area contributed by atoms with Crippen LogP contribution in [0.15, 0.2) is 0 Å². The van der Waals surface area contributed by atoms with Crippen LogP contribution in [0.3, 0.4) is 0 Å². The van der Waals surface area contributed by atoms with Crippen LogP contribution in [0.1, 0.15) is 113 Å². The van der Waals surface area contributed by atoms with Crippen LogP contribution in [0.25, 0.3) is 0 Å². The number of aliphatic hydroxyl groups excluding tert-OH is 1. The molecule has 0 radical (unpaired) electrons. The molecule has 0 rings (SSSR count). The third-order valence-corrected chi connectivity index (χ3v) is 9.69. The highest BCUT2D eigenvalue weighted by Crippen LogP contribution is 2.14. The molecule has 0 bridgehead atoms. The second kappa shape index (κ2) is 26.0. The van der Waals surface area contributed by atoms with Gasteiger partial charge in [-0.3, -0.25) is 33.6 Å². The number of rotatable bonds is 27. The Bertz CT molecular complexity index is 1190. The van der Waals surface area contributed by atoms with Gasteiger partial charge in [0, 0.05) is 6.92 Å². The van der Waals surface area contributed by atoms with Crippen molar-refractivity contribution in [3.63, 3.8) is 0 Å². The Morgan fingerprint density at radius 2 is 0.849 bits per heavy atom. The number of carbonyl (C=O) groups excluding carboxylic acids is 7. The molecule has 0 aromatic heterocycles. The van der Waals surface area contributed by atoms with Crippen LogP contribution >= 0.6 is 0 Å². The van der Waals surface area contributed by atoms with Crippen molar-refractivity contribution in [1.29, 1.82) is 0 Å². The Labute approximate surface area is 315 Å². The van der Waals surface area contributed by atoms with E-state index in [-0.39, 0.29) is 24.7 Å². The molecule has 0 saturated heterocycles.